The van der Waals surface area contributed by atoms with Crippen LogP contribution in [0.1, 0.15) is 56.1 Å². The maximum absolute atomic E-state index is 13.1. The summed E-state index contributed by atoms with van der Waals surface area (Å²) in [6, 6.07) is 15.4. The number of carboxylic acid groups (broad SMARTS) is 1. The van der Waals surface area contributed by atoms with Crippen molar-refractivity contribution in [3.05, 3.63) is 59.7 Å². The van der Waals surface area contributed by atoms with Crippen molar-refractivity contribution in [2.45, 2.75) is 56.5 Å². The summed E-state index contributed by atoms with van der Waals surface area (Å²) in [4.78, 5) is 37.3. The van der Waals surface area contributed by atoms with Crippen LogP contribution in [0.5, 0.6) is 0 Å². The molecule has 1 saturated heterocycles. The van der Waals surface area contributed by atoms with Crippen LogP contribution in [-0.2, 0) is 19.1 Å². The molecule has 1 aliphatic carbocycles. The Morgan fingerprint density at radius 3 is 2.23 bits per heavy atom. The number of hydrogen-bond donors (Lipinski definition) is 3. The van der Waals surface area contributed by atoms with Gasteiger partial charge in [-0.25, -0.2) is 4.79 Å². The van der Waals surface area contributed by atoms with E-state index in [2.05, 4.69) is 22.8 Å². The van der Waals surface area contributed by atoms with Gasteiger partial charge in [0.05, 0.1) is 12.0 Å². The molecule has 186 valence electrons. The summed E-state index contributed by atoms with van der Waals surface area (Å²) in [5.41, 5.74) is 3.62. The molecule has 1 atom stereocenters. The smallest absolute Gasteiger partial charge is 0.407 e. The normalized spacial score (nSPS) is 17.1. The lowest BCUT2D eigenvalue weighted by Gasteiger charge is -2.38. The number of hydrogen-bond acceptors (Lipinski definition) is 5. The van der Waals surface area contributed by atoms with Crippen molar-refractivity contribution in [3.8, 4) is 11.1 Å². The summed E-state index contributed by atoms with van der Waals surface area (Å²) in [5, 5.41) is 15.0. The van der Waals surface area contributed by atoms with Crippen LogP contribution in [0.4, 0.5) is 4.79 Å². The van der Waals surface area contributed by atoms with Gasteiger partial charge < -0.3 is 25.2 Å². The first-order valence-corrected chi connectivity index (χ1v) is 12.2. The van der Waals surface area contributed by atoms with Crippen LogP contribution in [0, 0.1) is 0 Å². The summed E-state index contributed by atoms with van der Waals surface area (Å²) >= 11 is 0. The molecule has 0 bridgehead atoms. The first kappa shape index (κ1) is 24.7. The fourth-order valence-electron chi connectivity index (χ4n) is 5.09. The predicted octanol–water partition coefficient (Wildman–Crippen LogP) is 3.83. The van der Waals surface area contributed by atoms with E-state index >= 15 is 0 Å². The third-order valence-electron chi connectivity index (χ3n) is 6.86. The highest BCUT2D eigenvalue weighted by Gasteiger charge is 2.38. The van der Waals surface area contributed by atoms with Crippen molar-refractivity contribution in [2.75, 3.05) is 19.8 Å². The van der Waals surface area contributed by atoms with Crippen LogP contribution in [0.2, 0.25) is 0 Å². The van der Waals surface area contributed by atoms with E-state index in [9.17, 15) is 19.5 Å². The third-order valence-corrected chi connectivity index (χ3v) is 6.86. The highest BCUT2D eigenvalue weighted by atomic mass is 16.5. The van der Waals surface area contributed by atoms with E-state index in [-0.39, 0.29) is 18.9 Å². The van der Waals surface area contributed by atoms with Gasteiger partial charge in [0.1, 0.15) is 12.6 Å². The Balaban J connectivity index is 1.40. The number of carbonyl (C=O) groups excluding carboxylic acids is 2. The van der Waals surface area contributed by atoms with Gasteiger partial charge in [-0.1, -0.05) is 61.9 Å². The van der Waals surface area contributed by atoms with Crippen LogP contribution in [0.15, 0.2) is 48.5 Å². The molecule has 2 aromatic rings. The van der Waals surface area contributed by atoms with Gasteiger partial charge in [0.15, 0.2) is 0 Å². The van der Waals surface area contributed by atoms with Crippen molar-refractivity contribution in [1.29, 1.82) is 0 Å². The van der Waals surface area contributed by atoms with Crippen LogP contribution >= 0.6 is 0 Å². The Morgan fingerprint density at radius 1 is 1.06 bits per heavy atom. The zero-order valence-corrected chi connectivity index (χ0v) is 19.9. The molecule has 8 nitrogen and oxygen atoms in total. The zero-order valence-electron chi connectivity index (χ0n) is 19.9. The van der Waals surface area contributed by atoms with E-state index in [1.165, 1.54) is 0 Å². The van der Waals surface area contributed by atoms with Crippen LogP contribution in [0.3, 0.4) is 0 Å². The highest BCUT2D eigenvalue weighted by Crippen LogP contribution is 2.44. The van der Waals surface area contributed by atoms with Gasteiger partial charge in [0.2, 0.25) is 5.91 Å². The van der Waals surface area contributed by atoms with E-state index in [0.717, 1.165) is 22.3 Å². The number of alkyl carbamates (subject to hydrolysis) is 1. The lowest BCUT2D eigenvalue weighted by molar-refractivity contribution is -0.140. The maximum Gasteiger partial charge on any atom is 0.407 e. The summed E-state index contributed by atoms with van der Waals surface area (Å²) < 4.78 is 11.0. The van der Waals surface area contributed by atoms with Crippen molar-refractivity contribution >= 4 is 18.0 Å². The Kier molecular flexibility index (Phi) is 7.70. The van der Waals surface area contributed by atoms with Gasteiger partial charge in [-0.2, -0.15) is 0 Å². The molecule has 3 N–H and O–H groups in total. The largest absolute Gasteiger partial charge is 0.481 e. The molecule has 1 unspecified atom stereocenters. The van der Waals surface area contributed by atoms with Gasteiger partial charge >= 0.3 is 12.1 Å². The summed E-state index contributed by atoms with van der Waals surface area (Å²) in [5.74, 6) is -1.46. The average molecular weight is 481 g/mol. The van der Waals surface area contributed by atoms with Gasteiger partial charge in [-0.3, -0.25) is 9.59 Å². The molecule has 2 aliphatic rings. The number of carbonyl (C=O) groups is 3. The number of nitrogens with one attached hydrogen (secondary N) is 2. The number of benzene rings is 2. The lowest BCUT2D eigenvalue weighted by atomic mass is 9.86. The van der Waals surface area contributed by atoms with Crippen LogP contribution < -0.4 is 10.6 Å². The molecule has 35 heavy (non-hydrogen) atoms. The van der Waals surface area contributed by atoms with Gasteiger partial charge in [-0.05, 0) is 41.5 Å². The number of rotatable bonds is 9. The molecule has 1 heterocycles. The highest BCUT2D eigenvalue weighted by molar-refractivity contribution is 5.87. The molecular formula is C27H32N2O6. The topological polar surface area (TPSA) is 114 Å². The average Bonchev–Trinajstić information content (AvgIpc) is 3.16. The Labute approximate surface area is 205 Å². The van der Waals surface area contributed by atoms with E-state index in [1.807, 2.05) is 43.3 Å². The van der Waals surface area contributed by atoms with Gasteiger partial charge in [0.25, 0.3) is 0 Å². The number of ether oxygens (including phenoxy) is 2. The van der Waals surface area contributed by atoms with Crippen molar-refractivity contribution in [1.82, 2.24) is 10.6 Å². The summed E-state index contributed by atoms with van der Waals surface area (Å²) in [7, 11) is 0. The zero-order chi connectivity index (χ0) is 24.8. The van der Waals surface area contributed by atoms with Gasteiger partial charge in [-0.15, -0.1) is 0 Å². The molecule has 2 aromatic carbocycles. The Morgan fingerprint density at radius 2 is 1.66 bits per heavy atom. The minimum Gasteiger partial charge on any atom is -0.481 e. The lowest BCUT2D eigenvalue weighted by Crippen LogP contribution is -2.58. The maximum atomic E-state index is 13.1. The second-order valence-electron chi connectivity index (χ2n) is 9.26. The second-order valence-corrected chi connectivity index (χ2v) is 9.26. The molecule has 1 fully saturated rings. The van der Waals surface area contributed by atoms with E-state index in [1.54, 1.807) is 0 Å². The first-order valence-electron chi connectivity index (χ1n) is 12.2. The molecule has 0 aromatic heterocycles. The number of amides is 2. The summed E-state index contributed by atoms with van der Waals surface area (Å²) in [6.07, 6.45) is 1.04. The van der Waals surface area contributed by atoms with E-state index < -0.39 is 29.6 Å². The molecule has 0 saturated carbocycles. The predicted molar refractivity (Wildman–Crippen MR) is 130 cm³/mol. The van der Waals surface area contributed by atoms with Crippen LogP contribution in [-0.4, -0.2) is 54.5 Å². The monoisotopic (exact) mass is 480 g/mol. The Bertz CT molecular complexity index is 1030. The van der Waals surface area contributed by atoms with E-state index in [0.29, 0.717) is 38.9 Å². The van der Waals surface area contributed by atoms with Crippen molar-refractivity contribution < 1.29 is 29.0 Å². The number of carboxylic acids is 1. The molecular weight excluding hydrogens is 448 g/mol. The first-order chi connectivity index (χ1) is 16.9. The molecule has 8 heteroatoms. The second kappa shape index (κ2) is 10.9. The van der Waals surface area contributed by atoms with Gasteiger partial charge in [0, 0.05) is 19.1 Å². The Hall–Kier alpha value is -3.39. The van der Waals surface area contributed by atoms with E-state index in [4.69, 9.17) is 9.47 Å². The van der Waals surface area contributed by atoms with Crippen molar-refractivity contribution in [2.24, 2.45) is 0 Å². The fourth-order valence-corrected chi connectivity index (χ4v) is 5.09. The molecule has 0 radical (unpaired) electrons. The fraction of sp³-hybridized carbons (Fsp3) is 0.444. The summed E-state index contributed by atoms with van der Waals surface area (Å²) in [6.45, 7) is 2.83. The standard InChI is InChI=1S/C27H32N2O6/c1-2-7-23(25(32)29-27(16-24(30)31)12-14-34-15-13-27)28-26(33)35-17-22-20-10-5-3-8-18(20)19-9-4-6-11-21(19)22/h3-6,8-11,22-23H,2,7,12-17H2,1H3,(H,28,33)(H,29,32)(H,30,31). The number of fused-ring (bicyclic) bond motifs is 3. The quantitative estimate of drug-likeness (QED) is 0.503. The minimum atomic E-state index is -0.983. The SMILES string of the molecule is CCCC(NC(=O)OCC1c2ccccc2-c2ccccc21)C(=O)NC1(CC(=O)O)CCOCC1. The third kappa shape index (κ3) is 5.65. The molecule has 1 aliphatic heterocycles. The molecule has 4 rings (SSSR count). The minimum absolute atomic E-state index is 0.0762. The van der Waals surface area contributed by atoms with Crippen molar-refractivity contribution in [3.63, 3.8) is 0 Å². The van der Waals surface area contributed by atoms with Crippen LogP contribution in [0.25, 0.3) is 11.1 Å². The molecule has 2 amide bonds. The molecule has 0 spiro atoms. The number of aliphatic carboxylic acids is 1.